The van der Waals surface area contributed by atoms with Gasteiger partial charge in [-0.25, -0.2) is 19.2 Å². The third-order valence-corrected chi connectivity index (χ3v) is 5.05. The minimum absolute atomic E-state index is 0.0645. The normalized spacial score (nSPS) is 22.8. The topological polar surface area (TPSA) is 136 Å². The number of rotatable bonds is 3. The molecular weight excluding hydrogens is 448 g/mol. The SMILES string of the molecule is Cc1cc(C#N)cnc1OC(=O)Nc1cc(C2(C)COC(C)(C(F)(F)F)C(N)=N2)c(F)cn1. The van der Waals surface area contributed by atoms with Crippen LogP contribution < -0.4 is 15.8 Å². The number of alkyl halides is 3. The highest BCUT2D eigenvalue weighted by Crippen LogP contribution is 2.41. The summed E-state index contributed by atoms with van der Waals surface area (Å²) in [4.78, 5) is 23.7. The van der Waals surface area contributed by atoms with Crippen LogP contribution in [0.3, 0.4) is 0 Å². The summed E-state index contributed by atoms with van der Waals surface area (Å²) in [6.45, 7) is 3.01. The summed E-state index contributed by atoms with van der Waals surface area (Å²) in [5.41, 5.74) is 1.61. The second-order valence-corrected chi connectivity index (χ2v) is 7.61. The number of nitrogens with zero attached hydrogens (tertiary/aromatic N) is 4. The van der Waals surface area contributed by atoms with Crippen LogP contribution in [0.4, 0.5) is 28.2 Å². The molecule has 33 heavy (non-hydrogen) atoms. The quantitative estimate of drug-likeness (QED) is 0.663. The number of halogens is 4. The van der Waals surface area contributed by atoms with Crippen LogP contribution in [0.25, 0.3) is 0 Å². The van der Waals surface area contributed by atoms with Crippen molar-refractivity contribution in [2.45, 2.75) is 38.1 Å². The van der Waals surface area contributed by atoms with Gasteiger partial charge >= 0.3 is 12.3 Å². The number of aromatic nitrogens is 2. The molecule has 0 saturated carbocycles. The third kappa shape index (κ3) is 4.56. The van der Waals surface area contributed by atoms with Crippen LogP contribution in [0.2, 0.25) is 0 Å². The molecule has 2 aromatic rings. The Bertz CT molecular complexity index is 1180. The standard InChI is InChI=1S/C20H18F4N6O3/c1-10-4-11(6-25)7-28-15(10)33-17(31)29-14-5-12(13(21)8-27-14)18(2)9-32-19(3,16(26)30-18)20(22,23)24/h4-5,7-8H,9H2,1-3H3,(H2,26,30)(H,27,29,31). The highest BCUT2D eigenvalue weighted by Gasteiger charge is 2.59. The van der Waals surface area contributed by atoms with Gasteiger partial charge in [0.2, 0.25) is 11.5 Å². The molecule has 3 N–H and O–H groups in total. The summed E-state index contributed by atoms with van der Waals surface area (Å²) in [5.74, 6) is -1.99. The van der Waals surface area contributed by atoms with Gasteiger partial charge in [0, 0.05) is 17.3 Å². The van der Waals surface area contributed by atoms with Crippen LogP contribution in [-0.4, -0.2) is 40.3 Å². The molecule has 1 amide bonds. The Balaban J connectivity index is 1.84. The lowest BCUT2D eigenvalue weighted by Crippen LogP contribution is -2.60. The molecule has 13 heteroatoms. The van der Waals surface area contributed by atoms with Gasteiger partial charge in [-0.15, -0.1) is 0 Å². The smallest absolute Gasteiger partial charge is 0.391 e. The molecule has 9 nitrogen and oxygen atoms in total. The number of amidine groups is 1. The van der Waals surface area contributed by atoms with Crippen LogP contribution in [0, 0.1) is 24.1 Å². The minimum Gasteiger partial charge on any atom is -0.391 e. The van der Waals surface area contributed by atoms with Gasteiger partial charge < -0.3 is 15.2 Å². The first kappa shape index (κ1) is 23.9. The fourth-order valence-electron chi connectivity index (χ4n) is 3.00. The van der Waals surface area contributed by atoms with Crippen molar-refractivity contribution < 1.29 is 31.8 Å². The van der Waals surface area contributed by atoms with Crippen molar-refractivity contribution in [3.05, 3.63) is 47.0 Å². The van der Waals surface area contributed by atoms with E-state index in [4.69, 9.17) is 20.5 Å². The van der Waals surface area contributed by atoms with E-state index in [0.717, 1.165) is 19.2 Å². The summed E-state index contributed by atoms with van der Waals surface area (Å²) in [5, 5.41) is 11.1. The van der Waals surface area contributed by atoms with E-state index in [-0.39, 0.29) is 22.8 Å². The van der Waals surface area contributed by atoms with Crippen LogP contribution in [0.15, 0.2) is 29.5 Å². The van der Waals surface area contributed by atoms with Crippen molar-refractivity contribution in [3.63, 3.8) is 0 Å². The first-order valence-corrected chi connectivity index (χ1v) is 9.37. The zero-order valence-electron chi connectivity index (χ0n) is 17.6. The fraction of sp³-hybridized carbons (Fsp3) is 0.350. The van der Waals surface area contributed by atoms with Crippen molar-refractivity contribution in [2.75, 3.05) is 11.9 Å². The fourth-order valence-corrected chi connectivity index (χ4v) is 3.00. The van der Waals surface area contributed by atoms with E-state index in [1.54, 1.807) is 6.92 Å². The van der Waals surface area contributed by atoms with Gasteiger partial charge in [-0.2, -0.15) is 18.4 Å². The minimum atomic E-state index is -4.83. The average Bonchev–Trinajstić information content (AvgIpc) is 2.73. The van der Waals surface area contributed by atoms with Gasteiger partial charge in [0.05, 0.1) is 18.4 Å². The molecule has 2 atom stereocenters. The maximum Gasteiger partial charge on any atom is 0.424 e. The Labute approximate surface area is 185 Å². The summed E-state index contributed by atoms with van der Waals surface area (Å²) in [6, 6.07) is 4.45. The van der Waals surface area contributed by atoms with Gasteiger partial charge in [-0.1, -0.05) is 0 Å². The maximum absolute atomic E-state index is 14.5. The number of carbonyl (C=O) groups is 1. The Hall–Kier alpha value is -3.79. The molecule has 174 valence electrons. The van der Waals surface area contributed by atoms with E-state index >= 15 is 0 Å². The molecule has 3 rings (SSSR count). The molecule has 0 aliphatic carbocycles. The molecule has 3 heterocycles. The number of amides is 1. The molecule has 1 aliphatic rings. The number of hydrogen-bond acceptors (Lipinski definition) is 8. The number of pyridine rings is 2. The highest BCUT2D eigenvalue weighted by atomic mass is 19.4. The van der Waals surface area contributed by atoms with Gasteiger partial charge in [-0.3, -0.25) is 10.3 Å². The number of nitrogens with two attached hydrogens (primary N) is 1. The van der Waals surface area contributed by atoms with E-state index in [1.165, 1.54) is 19.2 Å². The molecule has 2 aromatic heterocycles. The van der Waals surface area contributed by atoms with E-state index in [2.05, 4.69) is 20.3 Å². The molecule has 0 saturated heterocycles. The Morgan fingerprint density at radius 3 is 2.58 bits per heavy atom. The Morgan fingerprint density at radius 2 is 2.00 bits per heavy atom. The second-order valence-electron chi connectivity index (χ2n) is 7.61. The first-order valence-electron chi connectivity index (χ1n) is 9.37. The Kier molecular flexibility index (Phi) is 5.99. The lowest BCUT2D eigenvalue weighted by Gasteiger charge is -2.40. The van der Waals surface area contributed by atoms with E-state index in [9.17, 15) is 22.4 Å². The first-order chi connectivity index (χ1) is 15.3. The van der Waals surface area contributed by atoms with E-state index in [0.29, 0.717) is 5.56 Å². The summed E-state index contributed by atoms with van der Waals surface area (Å²) in [6.07, 6.45) is -3.86. The summed E-state index contributed by atoms with van der Waals surface area (Å²) in [7, 11) is 0. The molecular formula is C20H18F4N6O3. The van der Waals surface area contributed by atoms with Crippen LogP contribution in [-0.2, 0) is 10.3 Å². The number of ether oxygens (including phenoxy) is 2. The van der Waals surface area contributed by atoms with Gasteiger partial charge in [0.15, 0.2) is 0 Å². The van der Waals surface area contributed by atoms with Gasteiger partial charge in [0.25, 0.3) is 0 Å². The highest BCUT2D eigenvalue weighted by molar-refractivity contribution is 5.90. The largest absolute Gasteiger partial charge is 0.424 e. The summed E-state index contributed by atoms with van der Waals surface area (Å²) >= 11 is 0. The molecule has 0 bridgehead atoms. The third-order valence-electron chi connectivity index (χ3n) is 5.05. The van der Waals surface area contributed by atoms with Gasteiger partial charge in [0.1, 0.15) is 29.1 Å². The molecule has 1 aliphatic heterocycles. The molecule has 2 unspecified atom stereocenters. The van der Waals surface area contributed by atoms with Crippen molar-refractivity contribution in [1.29, 1.82) is 5.26 Å². The number of anilines is 1. The lowest BCUT2D eigenvalue weighted by atomic mass is 9.90. The van der Waals surface area contributed by atoms with Crippen molar-refractivity contribution in [1.82, 2.24) is 9.97 Å². The van der Waals surface area contributed by atoms with Gasteiger partial charge in [-0.05, 0) is 32.9 Å². The number of nitriles is 1. The van der Waals surface area contributed by atoms with Crippen molar-refractivity contribution in [2.24, 2.45) is 10.7 Å². The predicted molar refractivity (Wildman–Crippen MR) is 107 cm³/mol. The monoisotopic (exact) mass is 466 g/mol. The van der Waals surface area contributed by atoms with E-state index in [1.807, 2.05) is 6.07 Å². The maximum atomic E-state index is 14.5. The number of nitrogens with one attached hydrogen (secondary N) is 1. The number of hydrogen-bond donors (Lipinski definition) is 2. The summed E-state index contributed by atoms with van der Waals surface area (Å²) < 4.78 is 64.5. The number of aryl methyl sites for hydroxylation is 1. The number of aliphatic imine (C=N–C) groups is 1. The van der Waals surface area contributed by atoms with Crippen LogP contribution in [0.1, 0.15) is 30.5 Å². The zero-order valence-corrected chi connectivity index (χ0v) is 17.6. The zero-order chi connectivity index (χ0) is 24.6. The lowest BCUT2D eigenvalue weighted by molar-refractivity contribution is -0.249. The van der Waals surface area contributed by atoms with Crippen molar-refractivity contribution >= 4 is 17.7 Å². The van der Waals surface area contributed by atoms with Crippen molar-refractivity contribution in [3.8, 4) is 11.9 Å². The predicted octanol–water partition coefficient (Wildman–Crippen LogP) is 3.33. The average molecular weight is 466 g/mol. The molecule has 0 fully saturated rings. The second kappa shape index (κ2) is 8.28. The molecule has 0 radical (unpaired) electrons. The van der Waals surface area contributed by atoms with Crippen LogP contribution >= 0.6 is 0 Å². The van der Waals surface area contributed by atoms with E-state index < -0.39 is 41.7 Å². The number of carbonyl (C=O) groups excluding carboxylic acids is 1. The molecule has 0 aromatic carbocycles. The Morgan fingerprint density at radius 1 is 1.30 bits per heavy atom. The van der Waals surface area contributed by atoms with Crippen LogP contribution in [0.5, 0.6) is 5.88 Å². The molecule has 0 spiro atoms.